The molecule has 1 heterocycles. The van der Waals surface area contributed by atoms with Gasteiger partial charge in [-0.05, 0) is 39.8 Å². The first kappa shape index (κ1) is 21.9. The maximum Gasteiger partial charge on any atom is 0.407 e. The summed E-state index contributed by atoms with van der Waals surface area (Å²) in [5.41, 5.74) is 7.71. The zero-order valence-corrected chi connectivity index (χ0v) is 19.3. The molecule has 5 nitrogen and oxygen atoms in total. The molecule has 0 aliphatic heterocycles. The van der Waals surface area contributed by atoms with Gasteiger partial charge in [0.05, 0.1) is 5.69 Å². The molecular formula is C28H24N2O3S. The smallest absolute Gasteiger partial charge is 0.407 e. The van der Waals surface area contributed by atoms with E-state index in [4.69, 9.17) is 4.74 Å². The number of benzene rings is 3. The number of aromatic amines is 1. The van der Waals surface area contributed by atoms with Gasteiger partial charge in [0.1, 0.15) is 6.61 Å². The predicted molar refractivity (Wildman–Crippen MR) is 137 cm³/mol. The Morgan fingerprint density at radius 2 is 1.65 bits per heavy atom. The highest BCUT2D eigenvalue weighted by Crippen LogP contribution is 2.44. The maximum atomic E-state index is 12.2. The van der Waals surface area contributed by atoms with Crippen LogP contribution in [-0.2, 0) is 4.74 Å². The molecule has 1 amide bonds. The van der Waals surface area contributed by atoms with Crippen molar-refractivity contribution in [2.45, 2.75) is 12.3 Å². The largest absolute Gasteiger partial charge is 0.449 e. The molecule has 1 aliphatic rings. The summed E-state index contributed by atoms with van der Waals surface area (Å²) in [4.78, 5) is 26.3. The molecule has 170 valence electrons. The lowest BCUT2D eigenvalue weighted by atomic mass is 9.98. The number of ether oxygens (including phenoxy) is 1. The molecule has 0 fully saturated rings. The van der Waals surface area contributed by atoms with Crippen LogP contribution in [0.5, 0.6) is 0 Å². The number of aromatic nitrogens is 1. The van der Waals surface area contributed by atoms with E-state index in [-0.39, 0.29) is 10.8 Å². The molecule has 2 N–H and O–H groups in total. The van der Waals surface area contributed by atoms with E-state index in [1.165, 1.54) is 22.3 Å². The molecular weight excluding hydrogens is 444 g/mol. The third kappa shape index (κ3) is 4.72. The number of thiazole rings is 1. The van der Waals surface area contributed by atoms with Crippen molar-refractivity contribution in [3.8, 4) is 22.4 Å². The zero-order chi connectivity index (χ0) is 23.3. The Hall–Kier alpha value is -3.90. The van der Waals surface area contributed by atoms with Gasteiger partial charge in [-0.1, -0.05) is 96.3 Å². The van der Waals surface area contributed by atoms with Crippen LogP contribution in [0.1, 0.15) is 29.0 Å². The fourth-order valence-corrected chi connectivity index (χ4v) is 4.91. The van der Waals surface area contributed by atoms with E-state index in [2.05, 4.69) is 34.6 Å². The normalized spacial score (nSPS) is 12.5. The highest BCUT2D eigenvalue weighted by molar-refractivity contribution is 7.07. The van der Waals surface area contributed by atoms with Crippen LogP contribution < -0.4 is 10.2 Å². The molecule has 1 aromatic heterocycles. The molecule has 4 aromatic rings. The van der Waals surface area contributed by atoms with Crippen LogP contribution in [0.15, 0.2) is 89.0 Å². The summed E-state index contributed by atoms with van der Waals surface area (Å²) in [6.45, 7) is 0.818. The van der Waals surface area contributed by atoms with Gasteiger partial charge in [-0.15, -0.1) is 0 Å². The second-order valence-electron chi connectivity index (χ2n) is 8.13. The molecule has 0 saturated heterocycles. The summed E-state index contributed by atoms with van der Waals surface area (Å²) in [6, 6.07) is 24.6. The number of alkyl carbamates (subject to hydrolysis) is 1. The van der Waals surface area contributed by atoms with E-state index in [9.17, 15) is 9.59 Å². The van der Waals surface area contributed by atoms with Crippen LogP contribution in [0.4, 0.5) is 4.79 Å². The van der Waals surface area contributed by atoms with Crippen LogP contribution in [0.25, 0.3) is 28.5 Å². The van der Waals surface area contributed by atoms with E-state index in [1.807, 2.05) is 66.1 Å². The fourth-order valence-electron chi connectivity index (χ4n) is 4.32. The first-order valence-electron chi connectivity index (χ1n) is 11.2. The Morgan fingerprint density at radius 3 is 2.29 bits per heavy atom. The zero-order valence-electron chi connectivity index (χ0n) is 18.5. The number of carbonyl (C=O) groups excluding carboxylic acids is 1. The first-order chi connectivity index (χ1) is 16.7. The van der Waals surface area contributed by atoms with Crippen LogP contribution in [0, 0.1) is 0 Å². The Bertz CT molecular complexity index is 1340. The molecule has 0 radical (unpaired) electrons. The second-order valence-corrected chi connectivity index (χ2v) is 8.97. The van der Waals surface area contributed by atoms with Gasteiger partial charge in [0, 0.05) is 17.8 Å². The molecule has 0 spiro atoms. The summed E-state index contributed by atoms with van der Waals surface area (Å²) in [5.74, 6) is 0.0629. The number of carbonyl (C=O) groups is 1. The van der Waals surface area contributed by atoms with E-state index in [0.717, 1.165) is 28.2 Å². The van der Waals surface area contributed by atoms with Crippen molar-refractivity contribution in [3.05, 3.63) is 111 Å². The molecule has 0 saturated carbocycles. The fraction of sp³-hybridized carbons (Fsp3) is 0.143. The number of nitrogens with one attached hydrogen (secondary N) is 2. The summed E-state index contributed by atoms with van der Waals surface area (Å²) in [6.07, 6.45) is 4.33. The summed E-state index contributed by atoms with van der Waals surface area (Å²) in [5, 5.41) is 4.65. The standard InChI is InChI=1S/C28H24N2O3S/c31-27(33-17-25-23-10-3-1-8-21(23)22-9-2-4-11-24(22)25)29-16-6-5-7-19-12-14-20(15-13-19)26-18-34-28(32)30-26/h1-5,7-15,18,25H,6,16-17H2,(H,29,31)(H,30,32). The quantitative estimate of drug-likeness (QED) is 0.325. The number of rotatable bonds is 7. The highest BCUT2D eigenvalue weighted by Gasteiger charge is 2.28. The average Bonchev–Trinajstić information content (AvgIpc) is 3.44. The van der Waals surface area contributed by atoms with Gasteiger partial charge in [0.15, 0.2) is 0 Å². The van der Waals surface area contributed by atoms with Crippen molar-refractivity contribution in [1.29, 1.82) is 0 Å². The van der Waals surface area contributed by atoms with Crippen LogP contribution in [0.3, 0.4) is 0 Å². The van der Waals surface area contributed by atoms with Crippen LogP contribution in [-0.4, -0.2) is 24.2 Å². The number of fused-ring (bicyclic) bond motifs is 3. The molecule has 3 aromatic carbocycles. The van der Waals surface area contributed by atoms with Gasteiger partial charge >= 0.3 is 11.0 Å². The molecule has 0 atom stereocenters. The van der Waals surface area contributed by atoms with Crippen LogP contribution in [0.2, 0.25) is 0 Å². The molecule has 0 bridgehead atoms. The Kier molecular flexibility index (Phi) is 6.40. The number of hydrogen-bond acceptors (Lipinski definition) is 4. The maximum absolute atomic E-state index is 12.2. The van der Waals surface area contributed by atoms with E-state index in [1.54, 1.807) is 0 Å². The second kappa shape index (κ2) is 9.93. The molecule has 5 rings (SSSR count). The number of amides is 1. The minimum atomic E-state index is -0.399. The summed E-state index contributed by atoms with van der Waals surface area (Å²) in [7, 11) is 0. The number of hydrogen-bond donors (Lipinski definition) is 2. The Morgan fingerprint density at radius 1 is 0.971 bits per heavy atom. The highest BCUT2D eigenvalue weighted by atomic mass is 32.1. The van der Waals surface area contributed by atoms with Gasteiger partial charge in [-0.3, -0.25) is 4.79 Å². The molecule has 1 aliphatic carbocycles. The summed E-state index contributed by atoms with van der Waals surface area (Å²) >= 11 is 1.16. The van der Waals surface area contributed by atoms with Crippen molar-refractivity contribution < 1.29 is 9.53 Å². The monoisotopic (exact) mass is 468 g/mol. The van der Waals surface area contributed by atoms with Crippen molar-refractivity contribution in [3.63, 3.8) is 0 Å². The molecule has 0 unspecified atom stereocenters. The third-order valence-electron chi connectivity index (χ3n) is 5.98. The first-order valence-corrected chi connectivity index (χ1v) is 12.1. The van der Waals surface area contributed by atoms with E-state index in [0.29, 0.717) is 19.6 Å². The average molecular weight is 469 g/mol. The molecule has 6 heteroatoms. The van der Waals surface area contributed by atoms with Crippen molar-refractivity contribution in [2.75, 3.05) is 13.2 Å². The van der Waals surface area contributed by atoms with Gasteiger partial charge in [-0.2, -0.15) is 0 Å². The van der Waals surface area contributed by atoms with Crippen molar-refractivity contribution in [1.82, 2.24) is 10.3 Å². The molecule has 34 heavy (non-hydrogen) atoms. The SMILES string of the molecule is O=C(NCCC=Cc1ccc(-c2csc(=O)[nH]2)cc1)OCC1c2ccccc2-c2ccccc21. The minimum absolute atomic E-state index is 0.0529. The Labute approximate surface area is 201 Å². The third-order valence-corrected chi connectivity index (χ3v) is 6.65. The topological polar surface area (TPSA) is 71.2 Å². The van der Waals surface area contributed by atoms with E-state index < -0.39 is 6.09 Å². The van der Waals surface area contributed by atoms with Crippen molar-refractivity contribution in [2.24, 2.45) is 0 Å². The number of H-pyrrole nitrogens is 1. The Balaban J connectivity index is 1.09. The van der Waals surface area contributed by atoms with Gasteiger partial charge < -0.3 is 15.0 Å². The van der Waals surface area contributed by atoms with Gasteiger partial charge in [0.2, 0.25) is 0 Å². The lowest BCUT2D eigenvalue weighted by Crippen LogP contribution is -2.26. The van der Waals surface area contributed by atoms with Gasteiger partial charge in [0.25, 0.3) is 0 Å². The van der Waals surface area contributed by atoms with Crippen molar-refractivity contribution >= 4 is 23.5 Å². The summed E-state index contributed by atoms with van der Waals surface area (Å²) < 4.78 is 5.56. The van der Waals surface area contributed by atoms with E-state index >= 15 is 0 Å². The minimum Gasteiger partial charge on any atom is -0.449 e. The lowest BCUT2D eigenvalue weighted by Gasteiger charge is -2.14. The lowest BCUT2D eigenvalue weighted by molar-refractivity contribution is 0.143. The predicted octanol–water partition coefficient (Wildman–Crippen LogP) is 6.05. The van der Waals surface area contributed by atoms with Gasteiger partial charge in [-0.25, -0.2) is 4.79 Å². The van der Waals surface area contributed by atoms with Crippen LogP contribution >= 0.6 is 11.3 Å².